The molecule has 0 bridgehead atoms. The van der Waals surface area contributed by atoms with E-state index in [9.17, 15) is 0 Å². The highest BCUT2D eigenvalue weighted by atomic mass is 32.1. The number of rotatable bonds is 3. The molecule has 98 valence electrons. The summed E-state index contributed by atoms with van der Waals surface area (Å²) < 4.78 is 5.57. The van der Waals surface area contributed by atoms with E-state index in [4.69, 9.17) is 22.7 Å². The second-order valence-electron chi connectivity index (χ2n) is 4.60. The third-order valence-corrected chi connectivity index (χ3v) is 3.45. The Labute approximate surface area is 112 Å². The number of ether oxygens (including phenoxy) is 1. The lowest BCUT2D eigenvalue weighted by atomic mass is 10.1. The molecule has 1 aliphatic rings. The van der Waals surface area contributed by atoms with Crippen LogP contribution in [-0.2, 0) is 4.74 Å². The van der Waals surface area contributed by atoms with Crippen LogP contribution in [0.3, 0.4) is 0 Å². The van der Waals surface area contributed by atoms with Gasteiger partial charge >= 0.3 is 0 Å². The molecule has 1 aliphatic heterocycles. The van der Waals surface area contributed by atoms with Crippen molar-refractivity contribution in [1.82, 2.24) is 9.97 Å². The molecule has 0 spiro atoms. The van der Waals surface area contributed by atoms with E-state index in [1.165, 1.54) is 0 Å². The summed E-state index contributed by atoms with van der Waals surface area (Å²) in [4.78, 5) is 11.2. The lowest BCUT2D eigenvalue weighted by molar-refractivity contribution is 0.118. The Balaban J connectivity index is 2.29. The first-order valence-corrected chi connectivity index (χ1v) is 6.40. The molecule has 1 aromatic heterocycles. The average molecular weight is 266 g/mol. The normalized spacial score (nSPS) is 23.1. The summed E-state index contributed by atoms with van der Waals surface area (Å²) in [6, 6.07) is 2.10. The standard InChI is InChI=1S/C12H18N4OS/c1-7-6-9(11(13)18)15-12(14-7)16(3)10-4-5-17-8(10)2/h6,8,10H,4-5H2,1-3H3,(H2,13,18). The van der Waals surface area contributed by atoms with Gasteiger partial charge in [-0.15, -0.1) is 0 Å². The van der Waals surface area contributed by atoms with Crippen LogP contribution >= 0.6 is 12.2 Å². The summed E-state index contributed by atoms with van der Waals surface area (Å²) in [5.41, 5.74) is 7.11. The van der Waals surface area contributed by atoms with Crippen molar-refractivity contribution in [3.63, 3.8) is 0 Å². The Bertz CT molecular complexity index is 465. The molecule has 0 aromatic carbocycles. The minimum Gasteiger partial charge on any atom is -0.388 e. The van der Waals surface area contributed by atoms with E-state index in [0.29, 0.717) is 22.7 Å². The highest BCUT2D eigenvalue weighted by Gasteiger charge is 2.29. The highest BCUT2D eigenvalue weighted by Crippen LogP contribution is 2.22. The summed E-state index contributed by atoms with van der Waals surface area (Å²) >= 11 is 4.97. The van der Waals surface area contributed by atoms with E-state index in [1.54, 1.807) is 6.07 Å². The zero-order chi connectivity index (χ0) is 13.3. The van der Waals surface area contributed by atoms with Gasteiger partial charge in [-0.05, 0) is 26.3 Å². The lowest BCUT2D eigenvalue weighted by Crippen LogP contribution is -2.38. The van der Waals surface area contributed by atoms with E-state index in [0.717, 1.165) is 18.7 Å². The zero-order valence-corrected chi connectivity index (χ0v) is 11.7. The van der Waals surface area contributed by atoms with Crippen LogP contribution in [0.15, 0.2) is 6.07 Å². The van der Waals surface area contributed by atoms with Crippen molar-refractivity contribution in [3.8, 4) is 0 Å². The summed E-state index contributed by atoms with van der Waals surface area (Å²) in [5.74, 6) is 0.653. The molecule has 1 saturated heterocycles. The van der Waals surface area contributed by atoms with E-state index >= 15 is 0 Å². The Morgan fingerprint density at radius 3 is 2.83 bits per heavy atom. The quantitative estimate of drug-likeness (QED) is 0.825. The van der Waals surface area contributed by atoms with Crippen molar-refractivity contribution in [1.29, 1.82) is 0 Å². The molecule has 18 heavy (non-hydrogen) atoms. The van der Waals surface area contributed by atoms with Crippen molar-refractivity contribution in [3.05, 3.63) is 17.5 Å². The first-order valence-electron chi connectivity index (χ1n) is 5.99. The van der Waals surface area contributed by atoms with Gasteiger partial charge in [-0.2, -0.15) is 0 Å². The molecule has 6 heteroatoms. The molecule has 2 unspecified atom stereocenters. The SMILES string of the molecule is Cc1cc(C(N)=S)nc(N(C)C2CCOC2C)n1. The molecule has 1 fully saturated rings. The number of hydrogen-bond acceptors (Lipinski definition) is 5. The van der Waals surface area contributed by atoms with E-state index in [-0.39, 0.29) is 6.10 Å². The maximum atomic E-state index is 5.63. The minimum absolute atomic E-state index is 0.187. The summed E-state index contributed by atoms with van der Waals surface area (Å²) in [6.45, 7) is 4.76. The molecule has 0 aliphatic carbocycles. The van der Waals surface area contributed by atoms with Crippen molar-refractivity contribution < 1.29 is 4.74 Å². The predicted molar refractivity (Wildman–Crippen MR) is 74.9 cm³/mol. The Hall–Kier alpha value is -1.27. The smallest absolute Gasteiger partial charge is 0.226 e. The van der Waals surface area contributed by atoms with Gasteiger partial charge in [-0.25, -0.2) is 9.97 Å². The largest absolute Gasteiger partial charge is 0.388 e. The number of likely N-dealkylation sites (N-methyl/N-ethyl adjacent to an activating group) is 1. The van der Waals surface area contributed by atoms with E-state index in [1.807, 2.05) is 18.9 Å². The van der Waals surface area contributed by atoms with Gasteiger partial charge in [0.05, 0.1) is 12.1 Å². The zero-order valence-electron chi connectivity index (χ0n) is 10.9. The third kappa shape index (κ3) is 2.59. The average Bonchev–Trinajstić information content (AvgIpc) is 2.73. The van der Waals surface area contributed by atoms with Crippen LogP contribution in [0, 0.1) is 6.92 Å². The number of nitrogens with zero attached hydrogens (tertiary/aromatic N) is 3. The molecule has 5 nitrogen and oxygen atoms in total. The molecule has 2 atom stereocenters. The molecule has 1 aromatic rings. The van der Waals surface area contributed by atoms with Crippen LogP contribution in [0.1, 0.15) is 24.7 Å². The van der Waals surface area contributed by atoms with Gasteiger partial charge in [0.15, 0.2) is 0 Å². The van der Waals surface area contributed by atoms with Gasteiger partial charge in [0.25, 0.3) is 0 Å². The second kappa shape index (κ2) is 5.16. The Morgan fingerprint density at radius 1 is 1.56 bits per heavy atom. The molecular formula is C12H18N4OS. The molecule has 2 N–H and O–H groups in total. The van der Waals surface area contributed by atoms with Gasteiger partial charge in [-0.3, -0.25) is 0 Å². The van der Waals surface area contributed by atoms with Crippen molar-refractivity contribution in [2.45, 2.75) is 32.4 Å². The van der Waals surface area contributed by atoms with Gasteiger partial charge in [0, 0.05) is 19.3 Å². The van der Waals surface area contributed by atoms with Crippen LogP contribution in [0.25, 0.3) is 0 Å². The third-order valence-electron chi connectivity index (χ3n) is 3.24. The monoisotopic (exact) mass is 266 g/mol. The van der Waals surface area contributed by atoms with Crippen LogP contribution < -0.4 is 10.6 Å². The Morgan fingerprint density at radius 2 is 2.28 bits per heavy atom. The molecule has 2 rings (SSSR count). The molecule has 0 amide bonds. The van der Waals surface area contributed by atoms with E-state index in [2.05, 4.69) is 16.9 Å². The van der Waals surface area contributed by atoms with Crippen molar-refractivity contribution in [2.24, 2.45) is 5.73 Å². The lowest BCUT2D eigenvalue weighted by Gasteiger charge is -2.27. The number of hydrogen-bond donors (Lipinski definition) is 1. The van der Waals surface area contributed by atoms with Crippen LogP contribution in [0.5, 0.6) is 0 Å². The van der Waals surface area contributed by atoms with Gasteiger partial charge in [0.1, 0.15) is 10.7 Å². The number of aryl methyl sites for hydroxylation is 1. The van der Waals surface area contributed by atoms with Crippen molar-refractivity contribution >= 4 is 23.2 Å². The molecule has 0 radical (unpaired) electrons. The minimum atomic E-state index is 0.187. The van der Waals surface area contributed by atoms with E-state index < -0.39 is 0 Å². The highest BCUT2D eigenvalue weighted by molar-refractivity contribution is 7.80. The Kier molecular flexibility index (Phi) is 3.77. The first kappa shape index (κ1) is 13.2. The molecule has 2 heterocycles. The van der Waals surface area contributed by atoms with Gasteiger partial charge in [0.2, 0.25) is 5.95 Å². The van der Waals surface area contributed by atoms with Crippen molar-refractivity contribution in [2.75, 3.05) is 18.6 Å². The molecule has 0 saturated carbocycles. The number of nitrogens with two attached hydrogens (primary N) is 1. The van der Waals surface area contributed by atoms with Crippen LogP contribution in [-0.4, -0.2) is 40.8 Å². The molecular weight excluding hydrogens is 248 g/mol. The van der Waals surface area contributed by atoms with Gasteiger partial charge < -0.3 is 15.4 Å². The maximum Gasteiger partial charge on any atom is 0.226 e. The summed E-state index contributed by atoms with van der Waals surface area (Å²) in [7, 11) is 1.98. The maximum absolute atomic E-state index is 5.63. The van der Waals surface area contributed by atoms with Crippen LogP contribution in [0.2, 0.25) is 0 Å². The fraction of sp³-hybridized carbons (Fsp3) is 0.583. The van der Waals surface area contributed by atoms with Gasteiger partial charge in [-0.1, -0.05) is 12.2 Å². The summed E-state index contributed by atoms with van der Waals surface area (Å²) in [6.07, 6.45) is 1.17. The van der Waals surface area contributed by atoms with Crippen LogP contribution in [0.4, 0.5) is 5.95 Å². The number of thiocarbonyl (C=S) groups is 1. The first-order chi connectivity index (χ1) is 8.49. The summed E-state index contributed by atoms with van der Waals surface area (Å²) in [5, 5.41) is 0. The predicted octanol–water partition coefficient (Wildman–Crippen LogP) is 1.03. The fourth-order valence-electron chi connectivity index (χ4n) is 2.21. The second-order valence-corrected chi connectivity index (χ2v) is 5.04. The number of anilines is 1. The topological polar surface area (TPSA) is 64.3 Å². The number of aromatic nitrogens is 2. The fourth-order valence-corrected chi connectivity index (χ4v) is 2.32.